The summed E-state index contributed by atoms with van der Waals surface area (Å²) < 4.78 is 0. The van der Waals surface area contributed by atoms with Crippen molar-refractivity contribution in [1.29, 1.82) is 0 Å². The van der Waals surface area contributed by atoms with Crippen molar-refractivity contribution < 1.29 is 4.79 Å². The third-order valence-electron chi connectivity index (χ3n) is 2.23. The second-order valence-corrected chi connectivity index (χ2v) is 5.45. The molecule has 0 bridgehead atoms. The maximum atomic E-state index is 11.6. The largest absolute Gasteiger partial charge is 0.339 e. The molecule has 0 aromatic heterocycles. The highest BCUT2D eigenvalue weighted by Gasteiger charge is 2.04. The second kappa shape index (κ2) is 7.36. The van der Waals surface area contributed by atoms with Crippen LogP contribution in [0.4, 0.5) is 10.5 Å². The van der Waals surface area contributed by atoms with Crippen LogP contribution in [0.1, 0.15) is 27.2 Å². The van der Waals surface area contributed by atoms with Crippen LogP contribution in [0.25, 0.3) is 0 Å². The Balaban J connectivity index is 2.53. The molecule has 0 atom stereocenters. The van der Waals surface area contributed by atoms with Crippen LogP contribution in [0.2, 0.25) is 10.0 Å². The summed E-state index contributed by atoms with van der Waals surface area (Å²) in [5.41, 5.74) is 3.87. The van der Waals surface area contributed by atoms with Crippen molar-refractivity contribution >= 4 is 40.6 Å². The molecule has 104 valence electrons. The van der Waals surface area contributed by atoms with Crippen molar-refractivity contribution in [3.8, 4) is 0 Å². The smallest absolute Gasteiger partial charge is 0.306 e. The van der Waals surface area contributed by atoms with Gasteiger partial charge >= 0.3 is 6.03 Å². The Labute approximate surface area is 123 Å². The van der Waals surface area contributed by atoms with Crippen molar-refractivity contribution in [2.45, 2.75) is 27.2 Å². The Morgan fingerprint density at radius 1 is 1.32 bits per heavy atom. The van der Waals surface area contributed by atoms with E-state index >= 15 is 0 Å². The van der Waals surface area contributed by atoms with Gasteiger partial charge < -0.3 is 5.32 Å². The lowest BCUT2D eigenvalue weighted by Gasteiger charge is -2.07. The van der Waals surface area contributed by atoms with Gasteiger partial charge in [0.25, 0.3) is 0 Å². The van der Waals surface area contributed by atoms with Crippen LogP contribution in [0.5, 0.6) is 0 Å². The third-order valence-corrected chi connectivity index (χ3v) is 2.97. The van der Waals surface area contributed by atoms with E-state index in [2.05, 4.69) is 29.7 Å². The molecule has 0 aliphatic rings. The summed E-state index contributed by atoms with van der Waals surface area (Å²) >= 11 is 11.6. The van der Waals surface area contributed by atoms with Gasteiger partial charge in [0.2, 0.25) is 0 Å². The fraction of sp³-hybridized carbons (Fsp3) is 0.385. The van der Waals surface area contributed by atoms with Gasteiger partial charge in [0.15, 0.2) is 0 Å². The number of nitrogens with zero attached hydrogens (tertiary/aromatic N) is 1. The Kier molecular flexibility index (Phi) is 6.12. The number of anilines is 1. The van der Waals surface area contributed by atoms with E-state index in [0.29, 0.717) is 21.7 Å². The van der Waals surface area contributed by atoms with Crippen LogP contribution < -0.4 is 10.7 Å². The van der Waals surface area contributed by atoms with Crippen molar-refractivity contribution in [2.75, 3.05) is 5.32 Å². The number of carbonyl (C=O) groups excluding carboxylic acids is 1. The van der Waals surface area contributed by atoms with Crippen LogP contribution in [-0.2, 0) is 0 Å². The number of hydrazone groups is 1. The summed E-state index contributed by atoms with van der Waals surface area (Å²) in [5.74, 6) is 0.503. The molecule has 19 heavy (non-hydrogen) atoms. The molecule has 0 aliphatic heterocycles. The van der Waals surface area contributed by atoms with Gasteiger partial charge in [0, 0.05) is 11.4 Å². The third kappa shape index (κ3) is 5.94. The van der Waals surface area contributed by atoms with Crippen molar-refractivity contribution in [3.63, 3.8) is 0 Å². The second-order valence-electron chi connectivity index (χ2n) is 4.64. The van der Waals surface area contributed by atoms with Crippen LogP contribution in [0.15, 0.2) is 23.3 Å². The molecule has 0 radical (unpaired) electrons. The minimum absolute atomic E-state index is 0.388. The van der Waals surface area contributed by atoms with Crippen molar-refractivity contribution in [3.05, 3.63) is 28.2 Å². The Bertz CT molecular complexity index is 487. The van der Waals surface area contributed by atoms with Crippen LogP contribution in [0, 0.1) is 5.92 Å². The average molecular weight is 302 g/mol. The van der Waals surface area contributed by atoms with Gasteiger partial charge in [-0.3, -0.25) is 0 Å². The normalized spacial score (nSPS) is 11.6. The standard InChI is InChI=1S/C13H17Cl2N3O/c1-8(2)6-9(3)17-18-13(19)16-10-4-5-11(14)12(15)7-10/h4-5,7-8H,6H2,1-3H3,(H2,16,18,19). The van der Waals surface area contributed by atoms with Crippen molar-refractivity contribution in [1.82, 2.24) is 5.43 Å². The van der Waals surface area contributed by atoms with Gasteiger partial charge in [-0.1, -0.05) is 37.0 Å². The molecule has 2 amide bonds. The van der Waals surface area contributed by atoms with E-state index in [1.807, 2.05) is 6.92 Å². The molecule has 1 aromatic carbocycles. The lowest BCUT2D eigenvalue weighted by Crippen LogP contribution is -2.25. The highest BCUT2D eigenvalue weighted by Crippen LogP contribution is 2.24. The first-order valence-corrected chi connectivity index (χ1v) is 6.69. The first kappa shape index (κ1) is 15.8. The molecule has 0 heterocycles. The van der Waals surface area contributed by atoms with E-state index in [0.717, 1.165) is 12.1 Å². The molecule has 6 heteroatoms. The molecule has 1 aromatic rings. The maximum absolute atomic E-state index is 11.6. The molecule has 4 nitrogen and oxygen atoms in total. The number of nitrogens with one attached hydrogen (secondary N) is 2. The predicted octanol–water partition coefficient (Wildman–Crippen LogP) is 4.54. The van der Waals surface area contributed by atoms with Gasteiger partial charge in [0.1, 0.15) is 0 Å². The first-order valence-electron chi connectivity index (χ1n) is 5.93. The van der Waals surface area contributed by atoms with E-state index in [-0.39, 0.29) is 0 Å². The van der Waals surface area contributed by atoms with E-state index < -0.39 is 6.03 Å². The van der Waals surface area contributed by atoms with E-state index in [9.17, 15) is 4.79 Å². The van der Waals surface area contributed by atoms with Gasteiger partial charge in [0.05, 0.1) is 10.0 Å². The van der Waals surface area contributed by atoms with E-state index in [1.54, 1.807) is 18.2 Å². The molecule has 0 unspecified atom stereocenters. The number of benzene rings is 1. The molecular weight excluding hydrogens is 285 g/mol. The van der Waals surface area contributed by atoms with Crippen LogP contribution >= 0.6 is 23.2 Å². The number of hydrogen-bond acceptors (Lipinski definition) is 2. The summed E-state index contributed by atoms with van der Waals surface area (Å²) in [7, 11) is 0. The number of hydrogen-bond donors (Lipinski definition) is 2. The SMILES string of the molecule is CC(CC(C)C)=NNC(=O)Nc1ccc(Cl)c(Cl)c1. The molecule has 0 aliphatic carbocycles. The molecule has 0 saturated carbocycles. The maximum Gasteiger partial charge on any atom is 0.339 e. The average Bonchev–Trinajstić information content (AvgIpc) is 2.30. The minimum Gasteiger partial charge on any atom is -0.306 e. The van der Waals surface area contributed by atoms with E-state index in [4.69, 9.17) is 23.2 Å². The van der Waals surface area contributed by atoms with E-state index in [1.165, 1.54) is 0 Å². The topological polar surface area (TPSA) is 53.5 Å². The Hall–Kier alpha value is -1.26. The summed E-state index contributed by atoms with van der Waals surface area (Å²) in [6, 6.07) is 4.45. The molecule has 0 spiro atoms. The predicted molar refractivity (Wildman–Crippen MR) is 81.2 cm³/mol. The van der Waals surface area contributed by atoms with Gasteiger partial charge in [-0.2, -0.15) is 5.10 Å². The summed E-state index contributed by atoms with van der Waals surface area (Å²) in [4.78, 5) is 11.6. The number of carbonyl (C=O) groups is 1. The summed E-state index contributed by atoms with van der Waals surface area (Å²) in [6.07, 6.45) is 0.840. The molecule has 0 fully saturated rings. The highest BCUT2D eigenvalue weighted by atomic mass is 35.5. The fourth-order valence-corrected chi connectivity index (χ4v) is 1.81. The molecular formula is C13H17Cl2N3O. The van der Waals surface area contributed by atoms with Gasteiger partial charge in [-0.25, -0.2) is 10.2 Å². The fourth-order valence-electron chi connectivity index (χ4n) is 1.52. The Morgan fingerprint density at radius 3 is 2.58 bits per heavy atom. The number of halogens is 2. The Morgan fingerprint density at radius 2 is 2.00 bits per heavy atom. The monoisotopic (exact) mass is 301 g/mol. The first-order chi connectivity index (χ1) is 8.88. The highest BCUT2D eigenvalue weighted by molar-refractivity contribution is 6.42. The lowest BCUT2D eigenvalue weighted by atomic mass is 10.1. The molecule has 1 rings (SSSR count). The lowest BCUT2D eigenvalue weighted by molar-refractivity contribution is 0.252. The van der Waals surface area contributed by atoms with Crippen LogP contribution in [-0.4, -0.2) is 11.7 Å². The quantitative estimate of drug-likeness (QED) is 0.623. The zero-order valence-electron chi connectivity index (χ0n) is 11.1. The minimum atomic E-state index is -0.415. The summed E-state index contributed by atoms with van der Waals surface area (Å²) in [5, 5.41) is 7.45. The van der Waals surface area contributed by atoms with Crippen LogP contribution in [0.3, 0.4) is 0 Å². The molecule has 2 N–H and O–H groups in total. The van der Waals surface area contributed by atoms with Crippen molar-refractivity contribution in [2.24, 2.45) is 11.0 Å². The van der Waals surface area contributed by atoms with Gasteiger partial charge in [-0.15, -0.1) is 0 Å². The number of rotatable bonds is 4. The molecule has 0 saturated heterocycles. The zero-order chi connectivity index (χ0) is 14.4. The zero-order valence-corrected chi connectivity index (χ0v) is 12.6. The number of urea groups is 1. The number of amides is 2. The summed E-state index contributed by atoms with van der Waals surface area (Å²) in [6.45, 7) is 6.06. The van der Waals surface area contributed by atoms with Gasteiger partial charge in [-0.05, 0) is 37.5 Å².